The number of carbonyl (C=O) groups is 1. The zero-order chi connectivity index (χ0) is 13.0. The quantitative estimate of drug-likeness (QED) is 0.897. The Kier molecular flexibility index (Phi) is 6.94. The van der Waals surface area contributed by atoms with Crippen LogP contribution in [0, 0.1) is 5.92 Å². The Morgan fingerprint density at radius 2 is 2.16 bits per heavy atom. The lowest BCUT2D eigenvalue weighted by molar-refractivity contribution is 0.0945. The number of nitrogens with one attached hydrogen (secondary N) is 2. The van der Waals surface area contributed by atoms with E-state index in [1.54, 1.807) is 18.2 Å². The van der Waals surface area contributed by atoms with Crippen LogP contribution in [0.1, 0.15) is 23.2 Å². The third-order valence-electron chi connectivity index (χ3n) is 3.13. The van der Waals surface area contributed by atoms with Gasteiger partial charge in [-0.1, -0.05) is 23.2 Å². The summed E-state index contributed by atoms with van der Waals surface area (Å²) in [7, 11) is 0. The van der Waals surface area contributed by atoms with Crippen LogP contribution in [0.3, 0.4) is 0 Å². The molecule has 0 aromatic heterocycles. The van der Waals surface area contributed by atoms with Crippen LogP contribution in [0.2, 0.25) is 10.0 Å². The fourth-order valence-electron chi connectivity index (χ4n) is 2.07. The number of halogens is 3. The minimum Gasteiger partial charge on any atom is -0.352 e. The molecule has 0 saturated carbocycles. The first-order valence-corrected chi connectivity index (χ1v) is 6.86. The number of carbonyl (C=O) groups excluding carboxylic acids is 1. The fourth-order valence-corrected chi connectivity index (χ4v) is 2.37. The van der Waals surface area contributed by atoms with Crippen molar-refractivity contribution in [2.45, 2.75) is 12.8 Å². The predicted molar refractivity (Wildman–Crippen MR) is 81.6 cm³/mol. The van der Waals surface area contributed by atoms with E-state index in [2.05, 4.69) is 10.6 Å². The smallest absolute Gasteiger partial charge is 0.251 e. The summed E-state index contributed by atoms with van der Waals surface area (Å²) in [6.45, 7) is 2.75. The number of rotatable bonds is 3. The highest BCUT2D eigenvalue weighted by atomic mass is 35.5. The zero-order valence-corrected chi connectivity index (χ0v) is 12.7. The first kappa shape index (κ1) is 16.6. The average Bonchev–Trinajstić information content (AvgIpc) is 2.40. The summed E-state index contributed by atoms with van der Waals surface area (Å²) < 4.78 is 0. The minimum atomic E-state index is -0.0980. The van der Waals surface area contributed by atoms with E-state index in [9.17, 15) is 4.79 Å². The molecule has 1 heterocycles. The monoisotopic (exact) mass is 322 g/mol. The molecule has 106 valence electrons. The molecule has 1 aliphatic rings. The third kappa shape index (κ3) is 4.84. The molecule has 0 bridgehead atoms. The second-order valence-corrected chi connectivity index (χ2v) is 5.37. The van der Waals surface area contributed by atoms with Gasteiger partial charge in [-0.25, -0.2) is 0 Å². The Morgan fingerprint density at radius 3 is 2.79 bits per heavy atom. The van der Waals surface area contributed by atoms with E-state index in [4.69, 9.17) is 23.2 Å². The van der Waals surface area contributed by atoms with Gasteiger partial charge in [-0.05, 0) is 50.0 Å². The number of hydrogen-bond donors (Lipinski definition) is 2. The molecule has 1 atom stereocenters. The molecule has 1 aromatic carbocycles. The summed E-state index contributed by atoms with van der Waals surface area (Å²) in [6, 6.07) is 4.92. The van der Waals surface area contributed by atoms with Gasteiger partial charge in [0.2, 0.25) is 0 Å². The minimum absolute atomic E-state index is 0. The highest BCUT2D eigenvalue weighted by Crippen LogP contribution is 2.22. The van der Waals surface area contributed by atoms with Crippen molar-refractivity contribution < 1.29 is 4.79 Å². The van der Waals surface area contributed by atoms with E-state index < -0.39 is 0 Å². The molecule has 0 aliphatic carbocycles. The van der Waals surface area contributed by atoms with Crippen LogP contribution in [-0.4, -0.2) is 25.5 Å². The van der Waals surface area contributed by atoms with Crippen LogP contribution in [0.4, 0.5) is 0 Å². The second kappa shape index (κ2) is 7.95. The summed E-state index contributed by atoms with van der Waals surface area (Å²) in [5.74, 6) is 0.421. The molecule has 6 heteroatoms. The Morgan fingerprint density at radius 1 is 1.37 bits per heavy atom. The van der Waals surface area contributed by atoms with Gasteiger partial charge < -0.3 is 10.6 Å². The Balaban J connectivity index is 0.00000180. The number of piperidine rings is 1. The van der Waals surface area contributed by atoms with Crippen molar-refractivity contribution in [1.82, 2.24) is 10.6 Å². The first-order chi connectivity index (χ1) is 8.66. The molecule has 1 unspecified atom stereocenters. The van der Waals surface area contributed by atoms with Crippen molar-refractivity contribution >= 4 is 41.5 Å². The largest absolute Gasteiger partial charge is 0.352 e. The molecule has 1 aromatic rings. The van der Waals surface area contributed by atoms with Crippen molar-refractivity contribution in [3.63, 3.8) is 0 Å². The topological polar surface area (TPSA) is 41.1 Å². The molecule has 2 rings (SSSR count). The summed E-state index contributed by atoms with van der Waals surface area (Å²) in [5, 5.41) is 7.13. The van der Waals surface area contributed by atoms with Gasteiger partial charge in [-0.2, -0.15) is 0 Å². The van der Waals surface area contributed by atoms with Crippen molar-refractivity contribution in [3.05, 3.63) is 33.8 Å². The van der Waals surface area contributed by atoms with E-state index in [-0.39, 0.29) is 18.3 Å². The Hall–Kier alpha value is -0.480. The lowest BCUT2D eigenvalue weighted by Crippen LogP contribution is -2.38. The van der Waals surface area contributed by atoms with Gasteiger partial charge in [-0.15, -0.1) is 12.4 Å². The van der Waals surface area contributed by atoms with Crippen LogP contribution in [0.5, 0.6) is 0 Å². The highest BCUT2D eigenvalue weighted by Gasteiger charge is 2.14. The predicted octanol–water partition coefficient (Wildman–Crippen LogP) is 3.14. The van der Waals surface area contributed by atoms with Crippen LogP contribution in [0.15, 0.2) is 18.2 Å². The van der Waals surface area contributed by atoms with Crippen LogP contribution < -0.4 is 10.6 Å². The number of benzene rings is 1. The second-order valence-electron chi connectivity index (χ2n) is 4.55. The molecule has 1 fully saturated rings. The van der Waals surface area contributed by atoms with Crippen molar-refractivity contribution in [3.8, 4) is 0 Å². The van der Waals surface area contributed by atoms with E-state index in [1.165, 1.54) is 6.42 Å². The number of amides is 1. The van der Waals surface area contributed by atoms with Gasteiger partial charge in [-0.3, -0.25) is 4.79 Å². The summed E-state index contributed by atoms with van der Waals surface area (Å²) in [4.78, 5) is 11.9. The molecule has 0 radical (unpaired) electrons. The Bertz CT molecular complexity index is 434. The molecule has 0 spiro atoms. The molecule has 1 saturated heterocycles. The first-order valence-electron chi connectivity index (χ1n) is 6.11. The number of hydrogen-bond acceptors (Lipinski definition) is 2. The highest BCUT2D eigenvalue weighted by molar-refractivity contribution is 6.42. The molecule has 2 N–H and O–H groups in total. The lowest BCUT2D eigenvalue weighted by atomic mass is 10.00. The molecule has 1 amide bonds. The third-order valence-corrected chi connectivity index (χ3v) is 3.87. The van der Waals surface area contributed by atoms with Gasteiger partial charge in [0.05, 0.1) is 10.0 Å². The molecule has 1 aliphatic heterocycles. The average molecular weight is 324 g/mol. The van der Waals surface area contributed by atoms with E-state index in [1.807, 2.05) is 0 Å². The zero-order valence-electron chi connectivity index (χ0n) is 10.4. The summed E-state index contributed by atoms with van der Waals surface area (Å²) >= 11 is 11.7. The van der Waals surface area contributed by atoms with Gasteiger partial charge in [0.15, 0.2) is 0 Å². The molecular weight excluding hydrogens is 307 g/mol. The Labute approximate surface area is 129 Å². The fraction of sp³-hybridized carbons (Fsp3) is 0.462. The maximum Gasteiger partial charge on any atom is 0.251 e. The molecule has 3 nitrogen and oxygen atoms in total. The summed E-state index contributed by atoms with van der Waals surface area (Å²) in [6.07, 6.45) is 2.34. The van der Waals surface area contributed by atoms with Gasteiger partial charge in [0, 0.05) is 12.1 Å². The van der Waals surface area contributed by atoms with E-state index >= 15 is 0 Å². The van der Waals surface area contributed by atoms with E-state index in [0.29, 0.717) is 28.1 Å². The lowest BCUT2D eigenvalue weighted by Gasteiger charge is -2.22. The maximum atomic E-state index is 11.9. The van der Waals surface area contributed by atoms with Crippen molar-refractivity contribution in [2.75, 3.05) is 19.6 Å². The molecular formula is C13H17Cl3N2O. The van der Waals surface area contributed by atoms with E-state index in [0.717, 1.165) is 19.5 Å². The van der Waals surface area contributed by atoms with Gasteiger partial charge >= 0.3 is 0 Å². The van der Waals surface area contributed by atoms with Crippen LogP contribution in [-0.2, 0) is 0 Å². The standard InChI is InChI=1S/C13H16Cl2N2O.ClH/c14-11-4-3-10(6-12(11)15)13(18)17-8-9-2-1-5-16-7-9;/h3-4,6,9,16H,1-2,5,7-8H2,(H,17,18);1H. The SMILES string of the molecule is Cl.O=C(NCC1CCCNC1)c1ccc(Cl)c(Cl)c1. The van der Waals surface area contributed by atoms with Crippen molar-refractivity contribution in [1.29, 1.82) is 0 Å². The van der Waals surface area contributed by atoms with Gasteiger partial charge in [0.25, 0.3) is 5.91 Å². The van der Waals surface area contributed by atoms with Crippen LogP contribution in [0.25, 0.3) is 0 Å². The normalized spacial score (nSPS) is 18.5. The van der Waals surface area contributed by atoms with Crippen molar-refractivity contribution in [2.24, 2.45) is 5.92 Å². The maximum absolute atomic E-state index is 11.9. The summed E-state index contributed by atoms with van der Waals surface area (Å²) in [5.41, 5.74) is 0.549. The van der Waals surface area contributed by atoms with Crippen LogP contribution >= 0.6 is 35.6 Å². The molecule has 19 heavy (non-hydrogen) atoms. The van der Waals surface area contributed by atoms with Gasteiger partial charge in [0.1, 0.15) is 0 Å².